The molecule has 1 atom stereocenters. The molecule has 0 saturated heterocycles. The third-order valence-corrected chi connectivity index (χ3v) is 5.73. The number of rotatable bonds is 7. The van der Waals surface area contributed by atoms with Crippen LogP contribution >= 0.6 is 11.3 Å². The van der Waals surface area contributed by atoms with Crippen LogP contribution in [0.25, 0.3) is 10.1 Å². The fourth-order valence-corrected chi connectivity index (χ4v) is 4.12. The van der Waals surface area contributed by atoms with E-state index in [2.05, 4.69) is 21.7 Å². The first-order chi connectivity index (χ1) is 14.0. The maximum atomic E-state index is 13.9. The average Bonchev–Trinajstić information content (AvgIpc) is 3.14. The smallest absolute Gasteiger partial charge is 0.191 e. The Hall–Kier alpha value is -2.48. The van der Waals surface area contributed by atoms with Crippen LogP contribution in [0.15, 0.2) is 53.5 Å². The van der Waals surface area contributed by atoms with E-state index in [0.29, 0.717) is 31.2 Å². The van der Waals surface area contributed by atoms with Gasteiger partial charge in [-0.25, -0.2) is 4.39 Å². The molecule has 0 aliphatic heterocycles. The van der Waals surface area contributed by atoms with Crippen LogP contribution in [0.5, 0.6) is 0 Å². The van der Waals surface area contributed by atoms with Gasteiger partial charge in [0.05, 0.1) is 0 Å². The molecular weight excluding hydrogens is 387 g/mol. The molecule has 1 aromatic heterocycles. The number of halogens is 1. The van der Waals surface area contributed by atoms with E-state index in [1.807, 2.05) is 49.3 Å². The van der Waals surface area contributed by atoms with Gasteiger partial charge in [0.25, 0.3) is 0 Å². The highest BCUT2D eigenvalue weighted by Crippen LogP contribution is 2.29. The van der Waals surface area contributed by atoms with Crippen LogP contribution in [0.4, 0.5) is 4.39 Å². The summed E-state index contributed by atoms with van der Waals surface area (Å²) >= 11 is 1.59. The monoisotopic (exact) mass is 414 g/mol. The summed E-state index contributed by atoms with van der Waals surface area (Å²) in [5.74, 6) is 0.389. The van der Waals surface area contributed by atoms with Crippen molar-refractivity contribution in [2.75, 3.05) is 27.7 Å². The molecule has 0 aliphatic rings. The van der Waals surface area contributed by atoms with E-state index in [1.165, 1.54) is 6.07 Å². The van der Waals surface area contributed by atoms with E-state index < -0.39 is 6.10 Å². The molecule has 0 saturated carbocycles. The van der Waals surface area contributed by atoms with Gasteiger partial charge in [-0.2, -0.15) is 0 Å². The van der Waals surface area contributed by atoms with E-state index >= 15 is 0 Å². The van der Waals surface area contributed by atoms with E-state index in [9.17, 15) is 9.50 Å². The number of hydrogen-bond donors (Lipinski definition) is 3. The number of guanidine groups is 1. The molecule has 0 bridgehead atoms. The second-order valence-corrected chi connectivity index (χ2v) is 8.29. The van der Waals surface area contributed by atoms with Crippen molar-refractivity contribution in [3.05, 3.63) is 70.4 Å². The van der Waals surface area contributed by atoms with Crippen molar-refractivity contribution in [2.45, 2.75) is 19.2 Å². The minimum Gasteiger partial charge on any atom is -0.386 e. The average molecular weight is 415 g/mol. The van der Waals surface area contributed by atoms with Gasteiger partial charge in [0.15, 0.2) is 5.96 Å². The standard InChI is InChI=1S/C22H27FN4OS/c1-24-22(25-12-15-8-9-18(23)17(10-15)14-27(2)3)26-13-19(28)21-11-16-6-4-5-7-20(16)29-21/h4-11,19,28H,12-14H2,1-3H3,(H2,24,25,26). The number of aliphatic hydroxyl groups is 1. The summed E-state index contributed by atoms with van der Waals surface area (Å²) in [5, 5.41) is 18.0. The fraction of sp³-hybridized carbons (Fsp3) is 0.318. The Balaban J connectivity index is 1.55. The summed E-state index contributed by atoms with van der Waals surface area (Å²) < 4.78 is 15.1. The normalized spacial score (nSPS) is 13.1. The molecule has 0 fully saturated rings. The zero-order valence-corrected chi connectivity index (χ0v) is 17.8. The SMILES string of the molecule is CN=C(NCc1ccc(F)c(CN(C)C)c1)NCC(O)c1cc2ccccc2s1. The lowest BCUT2D eigenvalue weighted by molar-refractivity contribution is 0.184. The molecule has 0 radical (unpaired) electrons. The quantitative estimate of drug-likeness (QED) is 0.409. The largest absolute Gasteiger partial charge is 0.386 e. The van der Waals surface area contributed by atoms with Crippen molar-refractivity contribution in [3.63, 3.8) is 0 Å². The highest BCUT2D eigenvalue weighted by Gasteiger charge is 2.12. The maximum absolute atomic E-state index is 13.9. The lowest BCUT2D eigenvalue weighted by Crippen LogP contribution is -2.38. The summed E-state index contributed by atoms with van der Waals surface area (Å²) in [4.78, 5) is 7.06. The molecule has 2 aromatic carbocycles. The summed E-state index contributed by atoms with van der Waals surface area (Å²) in [6.45, 7) is 1.41. The van der Waals surface area contributed by atoms with Crippen molar-refractivity contribution >= 4 is 27.4 Å². The number of aliphatic imine (C=N–C) groups is 1. The Morgan fingerprint density at radius 3 is 2.69 bits per heavy atom. The Labute approximate surface area is 174 Å². The Kier molecular flexibility index (Phi) is 7.19. The topological polar surface area (TPSA) is 59.9 Å². The summed E-state index contributed by atoms with van der Waals surface area (Å²) in [7, 11) is 5.51. The van der Waals surface area contributed by atoms with Crippen molar-refractivity contribution in [3.8, 4) is 0 Å². The minimum absolute atomic E-state index is 0.198. The van der Waals surface area contributed by atoms with Gasteiger partial charge in [-0.15, -0.1) is 11.3 Å². The van der Waals surface area contributed by atoms with Crippen molar-refractivity contribution in [1.29, 1.82) is 0 Å². The van der Waals surface area contributed by atoms with Crippen molar-refractivity contribution in [2.24, 2.45) is 4.99 Å². The lowest BCUT2D eigenvalue weighted by Gasteiger charge is -2.16. The van der Waals surface area contributed by atoms with Crippen LogP contribution in [0.2, 0.25) is 0 Å². The first-order valence-corrected chi connectivity index (χ1v) is 10.3. The number of aliphatic hydroxyl groups excluding tert-OH is 1. The maximum Gasteiger partial charge on any atom is 0.191 e. The van der Waals surface area contributed by atoms with E-state index in [0.717, 1.165) is 20.5 Å². The van der Waals surface area contributed by atoms with Gasteiger partial charge >= 0.3 is 0 Å². The van der Waals surface area contributed by atoms with Crippen LogP contribution < -0.4 is 10.6 Å². The van der Waals surface area contributed by atoms with Crippen molar-refractivity contribution in [1.82, 2.24) is 15.5 Å². The molecule has 3 N–H and O–H groups in total. The predicted octanol–water partition coefficient (Wildman–Crippen LogP) is 3.50. The molecule has 154 valence electrons. The second kappa shape index (κ2) is 9.82. The summed E-state index contributed by atoms with van der Waals surface area (Å²) in [6.07, 6.45) is -0.622. The van der Waals surface area contributed by atoms with Gasteiger partial charge in [-0.05, 0) is 49.3 Å². The van der Waals surface area contributed by atoms with Crippen LogP contribution in [0.1, 0.15) is 22.1 Å². The molecule has 0 aliphatic carbocycles. The molecule has 1 heterocycles. The number of thiophene rings is 1. The molecule has 3 rings (SSSR count). The number of benzene rings is 2. The Morgan fingerprint density at radius 2 is 1.97 bits per heavy atom. The highest BCUT2D eigenvalue weighted by molar-refractivity contribution is 7.19. The van der Waals surface area contributed by atoms with Crippen molar-refractivity contribution < 1.29 is 9.50 Å². The molecule has 1 unspecified atom stereocenters. The first-order valence-electron chi connectivity index (χ1n) is 9.49. The zero-order chi connectivity index (χ0) is 20.8. The number of fused-ring (bicyclic) bond motifs is 1. The second-order valence-electron chi connectivity index (χ2n) is 7.17. The highest BCUT2D eigenvalue weighted by atomic mass is 32.1. The van der Waals surface area contributed by atoms with Crippen LogP contribution in [-0.2, 0) is 13.1 Å². The fourth-order valence-electron chi connectivity index (χ4n) is 3.07. The molecule has 0 spiro atoms. The van der Waals surface area contributed by atoms with Gasteiger partial charge in [-0.1, -0.05) is 24.3 Å². The van der Waals surface area contributed by atoms with E-state index in [4.69, 9.17) is 0 Å². The molecule has 7 heteroatoms. The molecule has 3 aromatic rings. The van der Waals surface area contributed by atoms with Gasteiger partial charge in [0.1, 0.15) is 11.9 Å². The number of nitrogens with zero attached hydrogens (tertiary/aromatic N) is 2. The van der Waals surface area contributed by atoms with Crippen LogP contribution in [-0.4, -0.2) is 43.7 Å². The predicted molar refractivity (Wildman–Crippen MR) is 119 cm³/mol. The first kappa shape index (κ1) is 21.2. The third-order valence-electron chi connectivity index (χ3n) is 4.52. The van der Waals surface area contributed by atoms with E-state index in [1.54, 1.807) is 24.5 Å². The van der Waals surface area contributed by atoms with Crippen LogP contribution in [0, 0.1) is 5.82 Å². The van der Waals surface area contributed by atoms with Gasteiger partial charge in [0, 0.05) is 41.8 Å². The van der Waals surface area contributed by atoms with Gasteiger partial charge < -0.3 is 20.6 Å². The minimum atomic E-state index is -0.622. The van der Waals surface area contributed by atoms with Gasteiger partial charge in [-0.3, -0.25) is 4.99 Å². The Bertz CT molecular complexity index is 953. The van der Waals surface area contributed by atoms with Gasteiger partial charge in [0.2, 0.25) is 0 Å². The molecule has 29 heavy (non-hydrogen) atoms. The summed E-state index contributed by atoms with van der Waals surface area (Å²) in [5.41, 5.74) is 1.63. The number of hydrogen-bond acceptors (Lipinski definition) is 4. The van der Waals surface area contributed by atoms with Crippen LogP contribution in [0.3, 0.4) is 0 Å². The molecule has 0 amide bonds. The Morgan fingerprint density at radius 1 is 1.17 bits per heavy atom. The van der Waals surface area contributed by atoms with E-state index in [-0.39, 0.29) is 5.82 Å². The molecule has 5 nitrogen and oxygen atoms in total. The lowest BCUT2D eigenvalue weighted by atomic mass is 10.1. The number of nitrogens with one attached hydrogen (secondary N) is 2. The zero-order valence-electron chi connectivity index (χ0n) is 16.9. The summed E-state index contributed by atoms with van der Waals surface area (Å²) in [6, 6.07) is 15.2. The third kappa shape index (κ3) is 5.76. The molecular formula is C22H27FN4OS.